The van der Waals surface area contributed by atoms with Gasteiger partial charge in [-0.1, -0.05) is 53.5 Å². The summed E-state index contributed by atoms with van der Waals surface area (Å²) >= 11 is 11.7. The van der Waals surface area contributed by atoms with Crippen LogP contribution in [0, 0.1) is 5.82 Å². The summed E-state index contributed by atoms with van der Waals surface area (Å²) in [6.45, 7) is 2.73. The maximum atomic E-state index is 13.7. The minimum atomic E-state index is -0.678. The molecule has 2 aromatic carbocycles. The Hall–Kier alpha value is -2.15. The molecule has 1 saturated heterocycles. The van der Waals surface area contributed by atoms with Crippen LogP contribution in [0.15, 0.2) is 42.5 Å². The van der Waals surface area contributed by atoms with Crippen LogP contribution in [0.3, 0.4) is 0 Å². The second-order valence-corrected chi connectivity index (χ2v) is 7.39. The highest BCUT2D eigenvalue weighted by Crippen LogP contribution is 2.25. The number of halogens is 3. The highest BCUT2D eigenvalue weighted by Gasteiger charge is 2.25. The number of nitrogens with zero attached hydrogens (tertiary/aromatic N) is 2. The van der Waals surface area contributed by atoms with Gasteiger partial charge in [0.15, 0.2) is 0 Å². The number of benzene rings is 2. The standard InChI is InChI=1S/C20H20Cl2FN3O2/c21-16-11-17(22)18(23)10-15(16)20(28)26-8-6-25(7-9-26)13-19(27)24-12-14-4-2-1-3-5-14/h1-5,10-11H,6-9,12-13H2,(H,24,27). The van der Waals surface area contributed by atoms with Crippen LogP contribution in [0.1, 0.15) is 15.9 Å². The summed E-state index contributed by atoms with van der Waals surface area (Å²) in [5.41, 5.74) is 1.14. The fourth-order valence-electron chi connectivity index (χ4n) is 3.02. The molecule has 0 spiro atoms. The minimum absolute atomic E-state index is 0.0635. The Morgan fingerprint density at radius 1 is 1.00 bits per heavy atom. The van der Waals surface area contributed by atoms with Crippen molar-refractivity contribution in [3.63, 3.8) is 0 Å². The Labute approximate surface area is 173 Å². The third kappa shape index (κ3) is 5.22. The average Bonchev–Trinajstić information content (AvgIpc) is 2.70. The first kappa shape index (κ1) is 20.6. The molecule has 1 aliphatic heterocycles. The summed E-state index contributed by atoms with van der Waals surface area (Å²) < 4.78 is 13.7. The molecule has 1 heterocycles. The topological polar surface area (TPSA) is 52.7 Å². The molecule has 2 aromatic rings. The van der Waals surface area contributed by atoms with Crippen molar-refractivity contribution in [3.8, 4) is 0 Å². The molecular formula is C20H20Cl2FN3O2. The molecule has 0 atom stereocenters. The molecule has 2 amide bonds. The molecule has 0 unspecified atom stereocenters. The average molecular weight is 424 g/mol. The Morgan fingerprint density at radius 3 is 2.36 bits per heavy atom. The number of carbonyl (C=O) groups excluding carboxylic acids is 2. The number of amides is 2. The lowest BCUT2D eigenvalue weighted by atomic mass is 10.1. The molecule has 0 bridgehead atoms. The number of hydrogen-bond acceptors (Lipinski definition) is 3. The molecule has 0 radical (unpaired) electrons. The van der Waals surface area contributed by atoms with E-state index in [1.165, 1.54) is 6.07 Å². The molecule has 3 rings (SSSR count). The SMILES string of the molecule is O=C(CN1CCN(C(=O)c2cc(F)c(Cl)cc2Cl)CC1)NCc1ccccc1. The van der Waals surface area contributed by atoms with E-state index in [1.54, 1.807) is 4.90 Å². The number of rotatable bonds is 5. The molecule has 148 valence electrons. The van der Waals surface area contributed by atoms with Crippen LogP contribution in [0.2, 0.25) is 10.0 Å². The van der Waals surface area contributed by atoms with Gasteiger partial charge in [-0.15, -0.1) is 0 Å². The van der Waals surface area contributed by atoms with Gasteiger partial charge in [0.1, 0.15) is 5.82 Å². The third-order valence-electron chi connectivity index (χ3n) is 4.60. The summed E-state index contributed by atoms with van der Waals surface area (Å²) in [6, 6.07) is 12.0. The highest BCUT2D eigenvalue weighted by molar-refractivity contribution is 6.36. The molecule has 0 aliphatic carbocycles. The minimum Gasteiger partial charge on any atom is -0.351 e. The molecule has 1 aliphatic rings. The van der Waals surface area contributed by atoms with E-state index in [2.05, 4.69) is 5.32 Å². The molecule has 1 fully saturated rings. The third-order valence-corrected chi connectivity index (χ3v) is 5.20. The molecule has 0 saturated carbocycles. The van der Waals surface area contributed by atoms with E-state index >= 15 is 0 Å². The molecule has 28 heavy (non-hydrogen) atoms. The van der Waals surface area contributed by atoms with Gasteiger partial charge in [-0.2, -0.15) is 0 Å². The first-order chi connectivity index (χ1) is 13.4. The van der Waals surface area contributed by atoms with E-state index in [9.17, 15) is 14.0 Å². The summed E-state index contributed by atoms with van der Waals surface area (Å²) in [5.74, 6) is -1.08. The van der Waals surface area contributed by atoms with Crippen LogP contribution in [0.5, 0.6) is 0 Å². The second-order valence-electron chi connectivity index (χ2n) is 6.58. The van der Waals surface area contributed by atoms with E-state index in [1.807, 2.05) is 35.2 Å². The first-order valence-electron chi connectivity index (χ1n) is 8.91. The lowest BCUT2D eigenvalue weighted by Crippen LogP contribution is -2.51. The monoisotopic (exact) mass is 423 g/mol. The van der Waals surface area contributed by atoms with Crippen molar-refractivity contribution in [3.05, 3.63) is 69.5 Å². The van der Waals surface area contributed by atoms with Gasteiger partial charge in [0.25, 0.3) is 5.91 Å². The Balaban J connectivity index is 1.48. The number of piperazine rings is 1. The quantitative estimate of drug-likeness (QED) is 0.751. The highest BCUT2D eigenvalue weighted by atomic mass is 35.5. The fourth-order valence-corrected chi connectivity index (χ4v) is 3.49. The van der Waals surface area contributed by atoms with Crippen molar-refractivity contribution in [2.24, 2.45) is 0 Å². The first-order valence-corrected chi connectivity index (χ1v) is 9.66. The van der Waals surface area contributed by atoms with Crippen LogP contribution in [0.4, 0.5) is 4.39 Å². The lowest BCUT2D eigenvalue weighted by molar-refractivity contribution is -0.122. The van der Waals surface area contributed by atoms with Gasteiger partial charge < -0.3 is 10.2 Å². The number of nitrogens with one attached hydrogen (secondary N) is 1. The molecule has 0 aromatic heterocycles. The summed E-state index contributed by atoms with van der Waals surface area (Å²) in [4.78, 5) is 28.3. The maximum absolute atomic E-state index is 13.7. The Bertz CT molecular complexity index is 856. The molecule has 1 N–H and O–H groups in total. The fraction of sp³-hybridized carbons (Fsp3) is 0.300. The Morgan fingerprint density at radius 2 is 1.68 bits per heavy atom. The molecule has 8 heteroatoms. The van der Waals surface area contributed by atoms with Gasteiger partial charge in [0.2, 0.25) is 5.91 Å². The van der Waals surface area contributed by atoms with Gasteiger partial charge in [-0.05, 0) is 17.7 Å². The van der Waals surface area contributed by atoms with Crippen LogP contribution in [-0.2, 0) is 11.3 Å². The van der Waals surface area contributed by atoms with Crippen molar-refractivity contribution < 1.29 is 14.0 Å². The largest absolute Gasteiger partial charge is 0.351 e. The predicted octanol–water partition coefficient (Wildman–Crippen LogP) is 3.21. The van der Waals surface area contributed by atoms with Crippen LogP contribution < -0.4 is 5.32 Å². The second kappa shape index (κ2) is 9.37. The van der Waals surface area contributed by atoms with Gasteiger partial charge in [0, 0.05) is 32.7 Å². The van der Waals surface area contributed by atoms with Crippen LogP contribution in [0.25, 0.3) is 0 Å². The summed E-state index contributed by atoms with van der Waals surface area (Å²) in [5, 5.41) is 2.90. The van der Waals surface area contributed by atoms with E-state index < -0.39 is 5.82 Å². The van der Waals surface area contributed by atoms with Crippen molar-refractivity contribution in [1.82, 2.24) is 15.1 Å². The van der Waals surface area contributed by atoms with Gasteiger partial charge in [0.05, 0.1) is 22.2 Å². The smallest absolute Gasteiger partial charge is 0.255 e. The zero-order valence-electron chi connectivity index (χ0n) is 15.1. The lowest BCUT2D eigenvalue weighted by Gasteiger charge is -2.34. The van der Waals surface area contributed by atoms with Crippen LogP contribution in [-0.4, -0.2) is 54.3 Å². The Kier molecular flexibility index (Phi) is 6.88. The van der Waals surface area contributed by atoms with Crippen molar-refractivity contribution in [2.45, 2.75) is 6.54 Å². The van der Waals surface area contributed by atoms with E-state index in [0.29, 0.717) is 32.7 Å². The van der Waals surface area contributed by atoms with Gasteiger partial charge in [-0.25, -0.2) is 4.39 Å². The predicted molar refractivity (Wildman–Crippen MR) is 107 cm³/mol. The summed E-state index contributed by atoms with van der Waals surface area (Å²) in [7, 11) is 0. The normalized spacial score (nSPS) is 14.8. The number of hydrogen-bond donors (Lipinski definition) is 1. The maximum Gasteiger partial charge on any atom is 0.255 e. The van der Waals surface area contributed by atoms with Crippen LogP contribution >= 0.6 is 23.2 Å². The zero-order chi connectivity index (χ0) is 20.1. The summed E-state index contributed by atoms with van der Waals surface area (Å²) in [6.07, 6.45) is 0. The zero-order valence-corrected chi connectivity index (χ0v) is 16.6. The van der Waals surface area contributed by atoms with Gasteiger partial charge in [-0.3, -0.25) is 14.5 Å². The van der Waals surface area contributed by atoms with E-state index in [0.717, 1.165) is 11.6 Å². The molecular weight excluding hydrogens is 404 g/mol. The van der Waals surface area contributed by atoms with Crippen molar-refractivity contribution in [1.29, 1.82) is 0 Å². The number of carbonyl (C=O) groups is 2. The van der Waals surface area contributed by atoms with Crippen molar-refractivity contribution >= 4 is 35.0 Å². The molecule has 5 nitrogen and oxygen atoms in total. The van der Waals surface area contributed by atoms with E-state index in [4.69, 9.17) is 23.2 Å². The van der Waals surface area contributed by atoms with Gasteiger partial charge >= 0.3 is 0 Å². The van der Waals surface area contributed by atoms with Crippen molar-refractivity contribution in [2.75, 3.05) is 32.7 Å². The van der Waals surface area contributed by atoms with E-state index in [-0.39, 0.29) is 34.0 Å².